The van der Waals surface area contributed by atoms with E-state index >= 15 is 0 Å². The SMILES string of the molecule is NC[C@H]1CC[C@@H](C(=O)Nc2ccc3c(c2)Cc2ccccc2-3)O1. The van der Waals surface area contributed by atoms with E-state index in [0.717, 1.165) is 24.9 Å². The predicted molar refractivity (Wildman–Crippen MR) is 90.3 cm³/mol. The van der Waals surface area contributed by atoms with Crippen LogP contribution >= 0.6 is 0 Å². The number of carbonyl (C=O) groups excluding carboxylic acids is 1. The molecule has 2 aromatic carbocycles. The first-order valence-corrected chi connectivity index (χ1v) is 8.12. The van der Waals surface area contributed by atoms with E-state index < -0.39 is 0 Å². The van der Waals surface area contributed by atoms with Crippen LogP contribution in [0.3, 0.4) is 0 Å². The molecule has 2 aromatic rings. The van der Waals surface area contributed by atoms with Gasteiger partial charge >= 0.3 is 0 Å². The first kappa shape index (κ1) is 14.4. The molecule has 4 rings (SSSR count). The molecule has 0 bridgehead atoms. The van der Waals surface area contributed by atoms with Crippen LogP contribution in [0.15, 0.2) is 42.5 Å². The molecule has 118 valence electrons. The Kier molecular flexibility index (Phi) is 3.63. The van der Waals surface area contributed by atoms with Crippen LogP contribution in [0, 0.1) is 0 Å². The van der Waals surface area contributed by atoms with E-state index in [-0.39, 0.29) is 18.1 Å². The third kappa shape index (κ3) is 2.64. The van der Waals surface area contributed by atoms with Crippen molar-refractivity contribution in [1.29, 1.82) is 0 Å². The van der Waals surface area contributed by atoms with Gasteiger partial charge in [-0.25, -0.2) is 0 Å². The van der Waals surface area contributed by atoms with Crippen molar-refractivity contribution in [2.24, 2.45) is 5.73 Å². The standard InChI is InChI=1S/C19H20N2O2/c20-11-15-6-8-18(23-15)19(22)21-14-5-7-17-13(10-14)9-12-3-1-2-4-16(12)17/h1-5,7,10,15,18H,6,8-9,11,20H2,(H,21,22)/t15-,18+/m1/s1. The molecule has 0 radical (unpaired) electrons. The minimum atomic E-state index is -0.381. The Hall–Kier alpha value is -2.17. The second-order valence-electron chi connectivity index (χ2n) is 6.25. The van der Waals surface area contributed by atoms with Crippen LogP contribution < -0.4 is 11.1 Å². The molecule has 1 saturated heterocycles. The molecule has 23 heavy (non-hydrogen) atoms. The topological polar surface area (TPSA) is 64.4 Å². The van der Waals surface area contributed by atoms with E-state index in [1.165, 1.54) is 22.3 Å². The molecule has 1 fully saturated rings. The first-order chi connectivity index (χ1) is 11.2. The molecule has 0 spiro atoms. The van der Waals surface area contributed by atoms with Crippen LogP contribution in [0.5, 0.6) is 0 Å². The molecule has 4 nitrogen and oxygen atoms in total. The first-order valence-electron chi connectivity index (χ1n) is 8.12. The van der Waals surface area contributed by atoms with Crippen LogP contribution in [-0.4, -0.2) is 24.7 Å². The smallest absolute Gasteiger partial charge is 0.253 e. The third-order valence-corrected chi connectivity index (χ3v) is 4.72. The van der Waals surface area contributed by atoms with Crippen molar-refractivity contribution in [2.45, 2.75) is 31.5 Å². The highest BCUT2D eigenvalue weighted by Gasteiger charge is 2.30. The summed E-state index contributed by atoms with van der Waals surface area (Å²) in [6.07, 6.45) is 2.15. The highest BCUT2D eigenvalue weighted by atomic mass is 16.5. The summed E-state index contributed by atoms with van der Waals surface area (Å²) >= 11 is 0. The van der Waals surface area contributed by atoms with Gasteiger partial charge in [-0.1, -0.05) is 30.3 Å². The molecular formula is C19H20N2O2. The fourth-order valence-electron chi connectivity index (χ4n) is 3.52. The minimum absolute atomic E-state index is 0.0141. The van der Waals surface area contributed by atoms with E-state index in [4.69, 9.17) is 10.5 Å². The number of nitrogens with two attached hydrogens (primary N) is 1. The van der Waals surface area contributed by atoms with Gasteiger partial charge in [0.15, 0.2) is 0 Å². The van der Waals surface area contributed by atoms with Crippen molar-refractivity contribution >= 4 is 11.6 Å². The number of nitrogens with one attached hydrogen (secondary N) is 1. The van der Waals surface area contributed by atoms with Gasteiger partial charge in [0.25, 0.3) is 5.91 Å². The number of benzene rings is 2. The molecule has 1 heterocycles. The van der Waals surface area contributed by atoms with E-state index in [9.17, 15) is 4.79 Å². The Labute approximate surface area is 135 Å². The van der Waals surface area contributed by atoms with Crippen molar-refractivity contribution in [2.75, 3.05) is 11.9 Å². The van der Waals surface area contributed by atoms with Crippen molar-refractivity contribution in [3.05, 3.63) is 53.6 Å². The third-order valence-electron chi connectivity index (χ3n) is 4.72. The lowest BCUT2D eigenvalue weighted by Crippen LogP contribution is -2.29. The maximum Gasteiger partial charge on any atom is 0.253 e. The van der Waals surface area contributed by atoms with Gasteiger partial charge in [-0.2, -0.15) is 0 Å². The zero-order chi connectivity index (χ0) is 15.8. The number of fused-ring (bicyclic) bond motifs is 3. The van der Waals surface area contributed by atoms with E-state index in [0.29, 0.717) is 6.54 Å². The second kappa shape index (κ2) is 5.80. The second-order valence-corrected chi connectivity index (χ2v) is 6.25. The average Bonchev–Trinajstić information content (AvgIpc) is 3.18. The fourth-order valence-corrected chi connectivity index (χ4v) is 3.52. The molecule has 4 heteroatoms. The van der Waals surface area contributed by atoms with Crippen molar-refractivity contribution < 1.29 is 9.53 Å². The largest absolute Gasteiger partial charge is 0.364 e. The summed E-state index contributed by atoms with van der Waals surface area (Å²) in [4.78, 5) is 12.3. The summed E-state index contributed by atoms with van der Waals surface area (Å²) in [5.41, 5.74) is 11.6. The zero-order valence-electron chi connectivity index (χ0n) is 12.9. The highest BCUT2D eigenvalue weighted by molar-refractivity contribution is 5.95. The van der Waals surface area contributed by atoms with Gasteiger partial charge in [0, 0.05) is 12.2 Å². The number of hydrogen-bond acceptors (Lipinski definition) is 3. The molecular weight excluding hydrogens is 288 g/mol. The molecule has 2 atom stereocenters. The lowest BCUT2D eigenvalue weighted by Gasteiger charge is -2.13. The van der Waals surface area contributed by atoms with Gasteiger partial charge in [-0.15, -0.1) is 0 Å². The monoisotopic (exact) mass is 308 g/mol. The van der Waals surface area contributed by atoms with Gasteiger partial charge in [0.05, 0.1) is 6.10 Å². The Morgan fingerprint density at radius 1 is 1.13 bits per heavy atom. The van der Waals surface area contributed by atoms with E-state index in [1.54, 1.807) is 0 Å². The van der Waals surface area contributed by atoms with Crippen LogP contribution in [0.4, 0.5) is 5.69 Å². The van der Waals surface area contributed by atoms with E-state index in [2.05, 4.69) is 41.7 Å². The molecule has 0 aromatic heterocycles. The number of carbonyl (C=O) groups is 1. The molecule has 0 unspecified atom stereocenters. The normalized spacial score (nSPS) is 21.8. The van der Waals surface area contributed by atoms with Gasteiger partial charge in [-0.05, 0) is 53.6 Å². The summed E-state index contributed by atoms with van der Waals surface area (Å²) in [6, 6.07) is 14.6. The van der Waals surface area contributed by atoms with Gasteiger partial charge < -0.3 is 15.8 Å². The maximum atomic E-state index is 12.3. The molecule has 1 amide bonds. The summed E-state index contributed by atoms with van der Waals surface area (Å²) in [7, 11) is 0. The Balaban J connectivity index is 1.50. The number of amides is 1. The molecule has 1 aliphatic carbocycles. The van der Waals surface area contributed by atoms with Gasteiger partial charge in [-0.3, -0.25) is 4.79 Å². The number of ether oxygens (including phenoxy) is 1. The molecule has 0 saturated carbocycles. The van der Waals surface area contributed by atoms with E-state index in [1.807, 2.05) is 6.07 Å². The minimum Gasteiger partial charge on any atom is -0.364 e. The summed E-state index contributed by atoms with van der Waals surface area (Å²) in [6.45, 7) is 0.473. The lowest BCUT2D eigenvalue weighted by molar-refractivity contribution is -0.126. The van der Waals surface area contributed by atoms with Gasteiger partial charge in [0.1, 0.15) is 6.10 Å². The van der Waals surface area contributed by atoms with Crippen LogP contribution in [0.2, 0.25) is 0 Å². The van der Waals surface area contributed by atoms with Crippen LogP contribution in [-0.2, 0) is 16.0 Å². The van der Waals surface area contributed by atoms with Crippen LogP contribution in [0.25, 0.3) is 11.1 Å². The zero-order valence-corrected chi connectivity index (χ0v) is 12.9. The molecule has 2 aliphatic rings. The Bertz CT molecular complexity index is 757. The predicted octanol–water partition coefficient (Wildman–Crippen LogP) is 2.70. The number of anilines is 1. The summed E-state index contributed by atoms with van der Waals surface area (Å²) < 4.78 is 5.65. The molecule has 3 N–H and O–H groups in total. The Morgan fingerprint density at radius 3 is 2.78 bits per heavy atom. The quantitative estimate of drug-likeness (QED) is 0.782. The highest BCUT2D eigenvalue weighted by Crippen LogP contribution is 2.37. The number of rotatable bonds is 3. The summed E-state index contributed by atoms with van der Waals surface area (Å²) in [5, 5.41) is 2.98. The van der Waals surface area contributed by atoms with Crippen molar-refractivity contribution in [3.63, 3.8) is 0 Å². The van der Waals surface area contributed by atoms with Gasteiger partial charge in [0.2, 0.25) is 0 Å². The molecule has 1 aliphatic heterocycles. The van der Waals surface area contributed by atoms with Crippen molar-refractivity contribution in [1.82, 2.24) is 0 Å². The number of hydrogen-bond donors (Lipinski definition) is 2. The maximum absolute atomic E-state index is 12.3. The lowest BCUT2D eigenvalue weighted by atomic mass is 10.1. The average molecular weight is 308 g/mol. The Morgan fingerprint density at radius 2 is 1.96 bits per heavy atom. The summed E-state index contributed by atoms with van der Waals surface area (Å²) in [5.74, 6) is -0.0728. The van der Waals surface area contributed by atoms with Crippen molar-refractivity contribution in [3.8, 4) is 11.1 Å². The fraction of sp³-hybridized carbons (Fsp3) is 0.316. The van der Waals surface area contributed by atoms with Crippen LogP contribution in [0.1, 0.15) is 24.0 Å².